The zero-order valence-electron chi connectivity index (χ0n) is 32.2. The van der Waals surface area contributed by atoms with Crippen LogP contribution in [0.3, 0.4) is 0 Å². The summed E-state index contributed by atoms with van der Waals surface area (Å²) in [4.78, 5) is 22.3. The van der Waals surface area contributed by atoms with Crippen molar-refractivity contribution in [3.63, 3.8) is 0 Å². The maximum Gasteiger partial charge on any atom is 0.254 e. The van der Waals surface area contributed by atoms with Gasteiger partial charge in [-0.05, 0) is 91.1 Å². The number of nitriles is 1. The predicted octanol–water partition coefficient (Wildman–Crippen LogP) is 7.73. The van der Waals surface area contributed by atoms with Gasteiger partial charge < -0.3 is 34.2 Å². The second kappa shape index (κ2) is 19.1. The number of nitrogens with zero attached hydrogens (tertiary/aromatic N) is 3. The number of oxime groups is 1. The summed E-state index contributed by atoms with van der Waals surface area (Å²) in [5.41, 5.74) is 4.51. The van der Waals surface area contributed by atoms with Crippen molar-refractivity contribution in [1.82, 2.24) is 4.90 Å². The highest BCUT2D eigenvalue weighted by Gasteiger charge is 2.65. The Kier molecular flexibility index (Phi) is 13.8. The minimum atomic E-state index is -1.37. The smallest absolute Gasteiger partial charge is 0.254 e. The van der Waals surface area contributed by atoms with Gasteiger partial charge in [0, 0.05) is 43.7 Å². The van der Waals surface area contributed by atoms with Gasteiger partial charge in [-0.25, -0.2) is 0 Å². The monoisotopic (exact) mass is 759 g/mol. The molecule has 0 unspecified atom stereocenters. The van der Waals surface area contributed by atoms with Gasteiger partial charge in [0.15, 0.2) is 0 Å². The molecule has 6 atom stereocenters. The number of rotatable bonds is 19. The zero-order chi connectivity index (χ0) is 39.5. The summed E-state index contributed by atoms with van der Waals surface area (Å²) in [6, 6.07) is 23.8. The summed E-state index contributed by atoms with van der Waals surface area (Å²) in [6.45, 7) is 8.81. The fraction of sp³-hybridized carbons (Fsp3) is 0.413. The maximum atomic E-state index is 14.5. The molecule has 3 aliphatic rings. The predicted molar refractivity (Wildman–Crippen MR) is 215 cm³/mol. The second-order valence-corrected chi connectivity index (χ2v) is 14.7. The fourth-order valence-electron chi connectivity index (χ4n) is 8.76. The molecule has 10 nitrogen and oxygen atoms in total. The van der Waals surface area contributed by atoms with Gasteiger partial charge in [0.05, 0.1) is 29.9 Å². The molecule has 1 aliphatic heterocycles. The fourth-order valence-corrected chi connectivity index (χ4v) is 8.76. The van der Waals surface area contributed by atoms with Crippen LogP contribution in [0.5, 0.6) is 11.5 Å². The molecule has 1 amide bonds. The lowest BCUT2D eigenvalue weighted by molar-refractivity contribution is -0.252. The van der Waals surface area contributed by atoms with Crippen LogP contribution in [0.1, 0.15) is 77.9 Å². The van der Waals surface area contributed by atoms with Crippen LogP contribution in [-0.2, 0) is 16.2 Å². The van der Waals surface area contributed by atoms with Crippen molar-refractivity contribution in [2.45, 2.75) is 69.3 Å². The first-order chi connectivity index (χ1) is 27.4. The van der Waals surface area contributed by atoms with Gasteiger partial charge in [-0.3, -0.25) is 4.79 Å². The highest BCUT2D eigenvalue weighted by molar-refractivity contribution is 6.03. The molecule has 0 radical (unpaired) electrons. The molecule has 2 N–H and O–H groups in total. The summed E-state index contributed by atoms with van der Waals surface area (Å²) in [7, 11) is 1.76. The van der Waals surface area contributed by atoms with Crippen molar-refractivity contribution in [3.05, 3.63) is 132 Å². The number of ether oxygens (including phenoxy) is 3. The average Bonchev–Trinajstić information content (AvgIpc) is 3.23. The quantitative estimate of drug-likeness (QED) is 0.0721. The van der Waals surface area contributed by atoms with E-state index in [1.807, 2.05) is 42.5 Å². The van der Waals surface area contributed by atoms with E-state index in [9.17, 15) is 20.3 Å². The number of carbonyl (C=O) groups is 1. The van der Waals surface area contributed by atoms with Gasteiger partial charge in [-0.15, -0.1) is 6.58 Å². The van der Waals surface area contributed by atoms with E-state index in [2.05, 4.69) is 31.4 Å². The molecule has 0 saturated heterocycles. The summed E-state index contributed by atoms with van der Waals surface area (Å²) < 4.78 is 20.3. The normalized spacial score (nSPS) is 24.1. The molecule has 1 fully saturated rings. The number of allylic oxidation sites excluding steroid dienone is 1. The molecule has 3 aromatic carbocycles. The molecular formula is C46H53N3O7. The van der Waals surface area contributed by atoms with Crippen molar-refractivity contribution in [2.24, 2.45) is 22.9 Å². The number of amides is 1. The average molecular weight is 760 g/mol. The van der Waals surface area contributed by atoms with E-state index in [4.69, 9.17) is 24.2 Å². The molecule has 3 aromatic rings. The van der Waals surface area contributed by atoms with Crippen molar-refractivity contribution in [1.29, 1.82) is 5.26 Å². The number of benzene rings is 3. The number of aliphatic hydroxyl groups is 2. The van der Waals surface area contributed by atoms with Gasteiger partial charge >= 0.3 is 0 Å². The number of hydrogen-bond donors (Lipinski definition) is 2. The summed E-state index contributed by atoms with van der Waals surface area (Å²) in [6.07, 6.45) is 10.7. The molecular weight excluding hydrogens is 707 g/mol. The molecule has 0 spiro atoms. The molecule has 6 rings (SSSR count). The maximum absolute atomic E-state index is 14.5. The van der Waals surface area contributed by atoms with Crippen LogP contribution in [0.25, 0.3) is 0 Å². The Balaban J connectivity index is 1.56. The highest BCUT2D eigenvalue weighted by Crippen LogP contribution is 2.61. The first-order valence-corrected chi connectivity index (χ1v) is 19.6. The van der Waals surface area contributed by atoms with Gasteiger partial charge in [-0.2, -0.15) is 5.26 Å². The third-order valence-electron chi connectivity index (χ3n) is 11.3. The standard InChI is InChI=1S/C46H53N3O7/c1-4-25-53-36-21-22-41-39(28-36)43-37(16-10-12-24-51)35(15-9-11-23-50)27-38-40(48-55-31-33-13-7-6-8-14-33)29-42(46(56-41,44(38)43)54-26-5-2)49(3)45(52)34-19-17-32(30-47)18-20-34/h4-8,13-14,17-22,27-28,35,37,42-44,50-51H,1-2,9-12,15-16,23-26,29,31H2,3H3/t35-,37+,42-,43+,44+,46+/m0/s1. The Morgan fingerprint density at radius 2 is 1.73 bits per heavy atom. The lowest BCUT2D eigenvalue weighted by Crippen LogP contribution is -2.69. The highest BCUT2D eigenvalue weighted by atomic mass is 16.7. The van der Waals surface area contributed by atoms with Crippen LogP contribution in [-0.4, -0.2) is 72.0 Å². The molecule has 2 aliphatic carbocycles. The van der Waals surface area contributed by atoms with Crippen LogP contribution in [0, 0.1) is 29.1 Å². The Hall–Kier alpha value is -5.21. The van der Waals surface area contributed by atoms with E-state index in [-0.39, 0.29) is 56.5 Å². The van der Waals surface area contributed by atoms with E-state index < -0.39 is 17.7 Å². The molecule has 56 heavy (non-hydrogen) atoms. The lowest BCUT2D eigenvalue weighted by Gasteiger charge is -2.59. The van der Waals surface area contributed by atoms with Gasteiger partial charge in [-0.1, -0.05) is 73.1 Å². The number of fused-ring (bicyclic) bond motifs is 2. The van der Waals surface area contributed by atoms with E-state index in [0.29, 0.717) is 47.8 Å². The Labute approximate surface area is 330 Å². The van der Waals surface area contributed by atoms with E-state index in [1.54, 1.807) is 48.4 Å². The minimum absolute atomic E-state index is 0.0859. The van der Waals surface area contributed by atoms with Crippen molar-refractivity contribution < 1.29 is 34.1 Å². The summed E-state index contributed by atoms with van der Waals surface area (Å²) in [5, 5.41) is 34.0. The second-order valence-electron chi connectivity index (χ2n) is 14.7. The topological polar surface area (TPSA) is 134 Å². The Bertz CT molecular complexity index is 1920. The van der Waals surface area contributed by atoms with E-state index >= 15 is 0 Å². The van der Waals surface area contributed by atoms with E-state index in [1.165, 1.54) is 0 Å². The third-order valence-corrected chi connectivity index (χ3v) is 11.3. The minimum Gasteiger partial charge on any atom is -0.490 e. The van der Waals surface area contributed by atoms with Gasteiger partial charge in [0.2, 0.25) is 5.79 Å². The Morgan fingerprint density at radius 3 is 2.43 bits per heavy atom. The number of likely N-dealkylation sites (N-methyl/N-ethyl adjacent to an activating group) is 1. The van der Waals surface area contributed by atoms with Crippen molar-refractivity contribution in [3.8, 4) is 17.6 Å². The first-order valence-electron chi connectivity index (χ1n) is 19.6. The molecule has 0 aromatic heterocycles. The molecule has 0 bridgehead atoms. The number of carbonyl (C=O) groups excluding carboxylic acids is 1. The zero-order valence-corrected chi connectivity index (χ0v) is 32.2. The SMILES string of the molecule is C=CCOc1ccc2c(c1)[C@H]1[C@H](CCCCO)[C@@H](CCCCO)C=C3C(=NOCc4ccccc4)C[C@H](N(C)C(=O)c4ccc(C#N)cc4)[C@@](OCC=C)(O2)[C@H]31. The van der Waals surface area contributed by atoms with Crippen LogP contribution in [0.15, 0.2) is 115 Å². The number of unbranched alkanes of at least 4 members (excludes halogenated alkanes) is 2. The molecule has 10 heteroatoms. The van der Waals surface area contributed by atoms with Crippen LogP contribution >= 0.6 is 0 Å². The van der Waals surface area contributed by atoms with Gasteiger partial charge in [0.25, 0.3) is 5.91 Å². The number of hydrogen-bond acceptors (Lipinski definition) is 9. The van der Waals surface area contributed by atoms with E-state index in [0.717, 1.165) is 42.4 Å². The Morgan fingerprint density at radius 1 is 1.00 bits per heavy atom. The summed E-state index contributed by atoms with van der Waals surface area (Å²) >= 11 is 0. The van der Waals surface area contributed by atoms with Crippen LogP contribution in [0.4, 0.5) is 0 Å². The molecule has 294 valence electrons. The number of aliphatic hydroxyl groups excluding tert-OH is 2. The lowest BCUT2D eigenvalue weighted by atomic mass is 9.55. The summed E-state index contributed by atoms with van der Waals surface area (Å²) in [5.74, 6) is -0.713. The van der Waals surface area contributed by atoms with Crippen LogP contribution < -0.4 is 9.47 Å². The van der Waals surface area contributed by atoms with Crippen molar-refractivity contribution >= 4 is 11.6 Å². The van der Waals surface area contributed by atoms with Crippen LogP contribution in [0.2, 0.25) is 0 Å². The van der Waals surface area contributed by atoms with Gasteiger partial charge in [0.1, 0.15) is 30.8 Å². The third kappa shape index (κ3) is 8.61. The first kappa shape index (κ1) is 40.5. The molecule has 1 heterocycles. The molecule has 1 saturated carbocycles. The largest absolute Gasteiger partial charge is 0.490 e. The van der Waals surface area contributed by atoms with Crippen molar-refractivity contribution in [2.75, 3.05) is 33.5 Å².